The molecule has 156 valence electrons. The molecular formula is C23H30N2O3S. The second-order valence-electron chi connectivity index (χ2n) is 8.09. The molecule has 1 fully saturated rings. The monoisotopic (exact) mass is 414 g/mol. The van der Waals surface area contributed by atoms with Gasteiger partial charge in [0.2, 0.25) is 0 Å². The minimum Gasteiger partial charge on any atom is -0.322 e. The van der Waals surface area contributed by atoms with Crippen molar-refractivity contribution in [2.45, 2.75) is 50.4 Å². The number of carbonyl (C=O) groups excluding carboxylic acids is 1. The van der Waals surface area contributed by atoms with Crippen LogP contribution in [0.5, 0.6) is 0 Å². The molecule has 0 aliphatic heterocycles. The van der Waals surface area contributed by atoms with Crippen molar-refractivity contribution in [1.82, 2.24) is 4.90 Å². The number of para-hydroxylation sites is 1. The lowest BCUT2D eigenvalue weighted by atomic mass is 9.94. The largest absolute Gasteiger partial charge is 0.322 e. The zero-order valence-corrected chi connectivity index (χ0v) is 18.0. The van der Waals surface area contributed by atoms with Gasteiger partial charge in [-0.2, -0.15) is 0 Å². The molecule has 1 aliphatic carbocycles. The Kier molecular flexibility index (Phi) is 7.09. The van der Waals surface area contributed by atoms with Gasteiger partial charge in [0.15, 0.2) is 9.84 Å². The van der Waals surface area contributed by atoms with Crippen molar-refractivity contribution < 1.29 is 13.2 Å². The Morgan fingerprint density at radius 1 is 1.07 bits per heavy atom. The maximum Gasteiger partial charge on any atom is 0.255 e. The van der Waals surface area contributed by atoms with E-state index in [0.717, 1.165) is 17.8 Å². The number of carbonyl (C=O) groups is 1. The van der Waals surface area contributed by atoms with E-state index in [0.29, 0.717) is 17.2 Å². The van der Waals surface area contributed by atoms with Gasteiger partial charge < -0.3 is 5.32 Å². The third kappa shape index (κ3) is 6.41. The van der Waals surface area contributed by atoms with Gasteiger partial charge in [0.1, 0.15) is 0 Å². The van der Waals surface area contributed by atoms with Crippen LogP contribution in [0, 0.1) is 0 Å². The second-order valence-corrected chi connectivity index (χ2v) is 10.2. The van der Waals surface area contributed by atoms with Gasteiger partial charge in [-0.15, -0.1) is 0 Å². The quantitative estimate of drug-likeness (QED) is 0.736. The summed E-state index contributed by atoms with van der Waals surface area (Å²) in [5.41, 5.74) is 2.96. The van der Waals surface area contributed by atoms with Crippen molar-refractivity contribution in [3.63, 3.8) is 0 Å². The minimum atomic E-state index is -3.15. The van der Waals surface area contributed by atoms with Gasteiger partial charge in [-0.3, -0.25) is 9.69 Å². The highest BCUT2D eigenvalue weighted by atomic mass is 32.2. The summed E-state index contributed by atoms with van der Waals surface area (Å²) >= 11 is 0. The Labute approximate surface area is 174 Å². The van der Waals surface area contributed by atoms with Gasteiger partial charge in [-0.1, -0.05) is 49.6 Å². The lowest BCUT2D eigenvalue weighted by Crippen LogP contribution is -2.33. The van der Waals surface area contributed by atoms with Crippen LogP contribution in [-0.2, 0) is 22.1 Å². The average molecular weight is 415 g/mol. The molecule has 5 nitrogen and oxygen atoms in total. The molecule has 2 aromatic carbocycles. The normalized spacial score (nSPS) is 15.4. The number of rotatable bonds is 7. The lowest BCUT2D eigenvalue weighted by molar-refractivity contribution is 0.102. The maximum absolute atomic E-state index is 12.8. The van der Waals surface area contributed by atoms with Crippen molar-refractivity contribution in [3.05, 3.63) is 65.2 Å². The molecule has 0 spiro atoms. The smallest absolute Gasteiger partial charge is 0.255 e. The van der Waals surface area contributed by atoms with Crippen LogP contribution < -0.4 is 5.32 Å². The Morgan fingerprint density at radius 3 is 2.52 bits per heavy atom. The predicted octanol–water partition coefficient (Wildman–Crippen LogP) is 4.25. The molecule has 1 amide bonds. The summed E-state index contributed by atoms with van der Waals surface area (Å²) in [6.07, 6.45) is 7.57. The van der Waals surface area contributed by atoms with Crippen molar-refractivity contribution in [2.24, 2.45) is 0 Å². The van der Waals surface area contributed by atoms with E-state index >= 15 is 0 Å². The molecule has 0 unspecified atom stereocenters. The molecule has 0 atom stereocenters. The number of sulfone groups is 1. The number of nitrogens with one attached hydrogen (secondary N) is 1. The third-order valence-corrected chi connectivity index (χ3v) is 6.36. The Bertz CT molecular complexity index is 950. The third-order valence-electron chi connectivity index (χ3n) is 5.50. The highest BCUT2D eigenvalue weighted by molar-refractivity contribution is 7.89. The minimum absolute atomic E-state index is 0.0725. The summed E-state index contributed by atoms with van der Waals surface area (Å²) < 4.78 is 23.1. The average Bonchev–Trinajstić information content (AvgIpc) is 2.69. The van der Waals surface area contributed by atoms with Crippen molar-refractivity contribution in [1.29, 1.82) is 0 Å². The van der Waals surface area contributed by atoms with Crippen LogP contribution in [0.15, 0.2) is 48.5 Å². The molecule has 1 N–H and O–H groups in total. The molecule has 6 heteroatoms. The molecular weight excluding hydrogens is 384 g/mol. The van der Waals surface area contributed by atoms with Crippen LogP contribution in [-0.4, -0.2) is 38.6 Å². The molecule has 3 rings (SSSR count). The first-order valence-corrected chi connectivity index (χ1v) is 12.2. The van der Waals surface area contributed by atoms with E-state index in [9.17, 15) is 13.2 Å². The van der Waals surface area contributed by atoms with Gasteiger partial charge >= 0.3 is 0 Å². The fourth-order valence-corrected chi connectivity index (χ4v) is 4.78. The Morgan fingerprint density at radius 2 is 1.79 bits per heavy atom. The Balaban J connectivity index is 1.72. The highest BCUT2D eigenvalue weighted by Crippen LogP contribution is 2.25. The van der Waals surface area contributed by atoms with Crippen LogP contribution >= 0.6 is 0 Å². The molecule has 2 aromatic rings. The molecule has 0 heterocycles. The number of nitrogens with zero attached hydrogens (tertiary/aromatic N) is 1. The summed E-state index contributed by atoms with van der Waals surface area (Å²) in [5, 5.41) is 3.01. The summed E-state index contributed by atoms with van der Waals surface area (Å²) in [6.45, 7) is 0.787. The lowest BCUT2D eigenvalue weighted by Gasteiger charge is -2.31. The van der Waals surface area contributed by atoms with Crippen LogP contribution in [0.3, 0.4) is 0 Å². The molecule has 0 bridgehead atoms. The van der Waals surface area contributed by atoms with Crippen LogP contribution in [0.4, 0.5) is 5.69 Å². The molecule has 0 aromatic heterocycles. The van der Waals surface area contributed by atoms with Gasteiger partial charge in [-0.05, 0) is 49.2 Å². The summed E-state index contributed by atoms with van der Waals surface area (Å²) in [6, 6.07) is 15.3. The first-order valence-electron chi connectivity index (χ1n) is 10.2. The van der Waals surface area contributed by atoms with Crippen LogP contribution in [0.2, 0.25) is 0 Å². The molecule has 0 saturated heterocycles. The van der Waals surface area contributed by atoms with E-state index in [-0.39, 0.29) is 11.7 Å². The summed E-state index contributed by atoms with van der Waals surface area (Å²) in [7, 11) is -0.991. The molecule has 0 radical (unpaired) electrons. The number of hydrogen-bond donors (Lipinski definition) is 1. The maximum atomic E-state index is 12.8. The summed E-state index contributed by atoms with van der Waals surface area (Å²) in [5.74, 6) is -0.301. The number of hydrogen-bond acceptors (Lipinski definition) is 4. The van der Waals surface area contributed by atoms with Gasteiger partial charge in [-0.25, -0.2) is 8.42 Å². The number of anilines is 1. The molecule has 29 heavy (non-hydrogen) atoms. The zero-order valence-electron chi connectivity index (χ0n) is 17.2. The van der Waals surface area contributed by atoms with Crippen molar-refractivity contribution >= 4 is 21.4 Å². The van der Waals surface area contributed by atoms with Gasteiger partial charge in [0.05, 0.1) is 5.75 Å². The van der Waals surface area contributed by atoms with Gasteiger partial charge in [0.25, 0.3) is 5.91 Å². The summed E-state index contributed by atoms with van der Waals surface area (Å²) in [4.78, 5) is 15.2. The van der Waals surface area contributed by atoms with Crippen molar-refractivity contribution in [3.8, 4) is 0 Å². The first-order chi connectivity index (χ1) is 13.8. The highest BCUT2D eigenvalue weighted by Gasteiger charge is 2.19. The first kappa shape index (κ1) is 21.5. The standard InChI is InChI=1S/C23H30N2O3S/c1-25(21-12-4-3-5-13-21)16-20-10-6-7-14-22(20)24-23(26)19-11-8-9-18(15-19)17-29(2,27)28/h6-11,14-15,21H,3-5,12-13,16-17H2,1-2H3,(H,24,26). The van der Waals surface area contributed by atoms with E-state index in [1.54, 1.807) is 24.3 Å². The van der Waals surface area contributed by atoms with E-state index < -0.39 is 9.84 Å². The zero-order chi connectivity index (χ0) is 20.9. The van der Waals surface area contributed by atoms with E-state index in [2.05, 4.69) is 23.3 Å². The topological polar surface area (TPSA) is 66.5 Å². The van der Waals surface area contributed by atoms with E-state index in [1.807, 2.05) is 18.2 Å². The number of amides is 1. The molecule has 1 saturated carbocycles. The fourth-order valence-electron chi connectivity index (χ4n) is 4.00. The fraction of sp³-hybridized carbons (Fsp3) is 0.435. The van der Waals surface area contributed by atoms with E-state index in [1.165, 1.54) is 38.4 Å². The SMILES string of the molecule is CN(Cc1ccccc1NC(=O)c1cccc(CS(C)(=O)=O)c1)C1CCCCC1. The van der Waals surface area contributed by atoms with Crippen molar-refractivity contribution in [2.75, 3.05) is 18.6 Å². The Hall–Kier alpha value is -2.18. The number of benzene rings is 2. The van der Waals surface area contributed by atoms with Crippen LogP contribution in [0.25, 0.3) is 0 Å². The molecule has 1 aliphatic rings. The predicted molar refractivity (Wildman–Crippen MR) is 118 cm³/mol. The van der Waals surface area contributed by atoms with Crippen LogP contribution in [0.1, 0.15) is 53.6 Å². The van der Waals surface area contributed by atoms with Gasteiger partial charge in [0, 0.05) is 30.1 Å². The second kappa shape index (κ2) is 9.55. The van der Waals surface area contributed by atoms with E-state index in [4.69, 9.17) is 0 Å².